The largest absolute Gasteiger partial charge is 0.457 e. The summed E-state index contributed by atoms with van der Waals surface area (Å²) in [6, 6.07) is 6.81. The molecule has 0 saturated carbocycles. The van der Waals surface area contributed by atoms with E-state index in [4.69, 9.17) is 10.5 Å². The molecule has 0 unspecified atom stereocenters. The van der Waals surface area contributed by atoms with E-state index in [1.807, 2.05) is 19.1 Å². The van der Waals surface area contributed by atoms with E-state index < -0.39 is 9.84 Å². The molecule has 9 heteroatoms. The van der Waals surface area contributed by atoms with Crippen molar-refractivity contribution in [3.63, 3.8) is 0 Å². The Kier molecular flexibility index (Phi) is 6.63. The first kappa shape index (κ1) is 21.7. The number of esters is 1. The third kappa shape index (κ3) is 5.11. The number of nitrogens with two attached hydrogens (primary N) is 1. The van der Waals surface area contributed by atoms with Crippen LogP contribution in [-0.2, 0) is 27.6 Å². The van der Waals surface area contributed by atoms with Crippen LogP contribution < -0.4 is 11.1 Å². The zero-order valence-corrected chi connectivity index (χ0v) is 17.7. The van der Waals surface area contributed by atoms with Crippen LogP contribution >= 0.6 is 0 Å². The first-order valence-corrected chi connectivity index (χ1v) is 11.3. The number of fused-ring (bicyclic) bond motifs is 1. The van der Waals surface area contributed by atoms with Crippen molar-refractivity contribution in [3.05, 3.63) is 64.5 Å². The van der Waals surface area contributed by atoms with Crippen molar-refractivity contribution < 1.29 is 17.9 Å². The number of nitrogens with one attached hydrogen (secondary N) is 1. The summed E-state index contributed by atoms with van der Waals surface area (Å²) in [7, 11) is -3.33. The molecule has 1 aromatic heterocycles. The van der Waals surface area contributed by atoms with Crippen LogP contribution in [0.3, 0.4) is 0 Å². The zero-order valence-electron chi connectivity index (χ0n) is 16.9. The Hall–Kier alpha value is -3.04. The minimum atomic E-state index is -3.33. The summed E-state index contributed by atoms with van der Waals surface area (Å²) in [6.07, 6.45) is 6.40. The Morgan fingerprint density at radius 1 is 1.33 bits per heavy atom. The number of rotatable bonds is 8. The number of carbonyl (C=O) groups excluding carboxylic acids is 1. The van der Waals surface area contributed by atoms with E-state index in [1.165, 1.54) is 24.0 Å². The summed E-state index contributed by atoms with van der Waals surface area (Å²) in [5, 5.41) is 3.33. The maximum atomic E-state index is 11.6. The molecule has 1 aromatic carbocycles. The third-order valence-corrected chi connectivity index (χ3v) is 5.87. The normalized spacial score (nSPS) is 14.2. The molecule has 0 radical (unpaired) electrons. The predicted molar refractivity (Wildman–Crippen MR) is 115 cm³/mol. The highest BCUT2D eigenvalue weighted by atomic mass is 32.2. The fraction of sp³-hybridized carbons (Fsp3) is 0.286. The van der Waals surface area contributed by atoms with Gasteiger partial charge in [0.25, 0.3) is 0 Å². The molecule has 3 rings (SSSR count). The lowest BCUT2D eigenvalue weighted by Gasteiger charge is -2.10. The average molecular weight is 429 g/mol. The summed E-state index contributed by atoms with van der Waals surface area (Å²) in [5.74, 6) is -0.254. The molecule has 0 spiro atoms. The molecular formula is C21H24N4O4S. The van der Waals surface area contributed by atoms with Gasteiger partial charge in [0.05, 0.1) is 17.4 Å². The fourth-order valence-corrected chi connectivity index (χ4v) is 3.66. The summed E-state index contributed by atoms with van der Waals surface area (Å²) in [6.45, 7) is 3.61. The summed E-state index contributed by atoms with van der Waals surface area (Å²) < 4.78 is 28.0. The lowest BCUT2D eigenvalue weighted by molar-refractivity contribution is 0.0535. The molecular weight excluding hydrogens is 404 g/mol. The highest BCUT2D eigenvalue weighted by Crippen LogP contribution is 2.26. The van der Waals surface area contributed by atoms with Gasteiger partial charge in [-0.15, -0.1) is 0 Å². The number of cyclic esters (lactones) is 1. The van der Waals surface area contributed by atoms with Crippen LogP contribution in [0.5, 0.6) is 0 Å². The second-order valence-corrected chi connectivity index (χ2v) is 8.97. The number of hydrogen-bond donors (Lipinski definition) is 2. The molecule has 0 fully saturated rings. The fourth-order valence-electron chi connectivity index (χ4n) is 3.10. The van der Waals surface area contributed by atoms with Gasteiger partial charge in [0.15, 0.2) is 14.9 Å². The van der Waals surface area contributed by atoms with E-state index in [0.29, 0.717) is 24.4 Å². The number of pyridine rings is 1. The molecule has 0 atom stereocenters. The van der Waals surface area contributed by atoms with Gasteiger partial charge in [0.2, 0.25) is 0 Å². The molecule has 2 aromatic rings. The molecule has 30 heavy (non-hydrogen) atoms. The minimum absolute atomic E-state index is 0.00971. The van der Waals surface area contributed by atoms with E-state index >= 15 is 0 Å². The molecule has 0 aliphatic carbocycles. The van der Waals surface area contributed by atoms with Crippen LogP contribution in [-0.4, -0.2) is 44.9 Å². The first-order chi connectivity index (χ1) is 14.3. The van der Waals surface area contributed by atoms with E-state index in [-0.39, 0.29) is 11.0 Å². The Labute approximate surface area is 175 Å². The Bertz CT molecular complexity index is 1110. The number of carbonyl (C=O) groups is 1. The van der Waals surface area contributed by atoms with Crippen molar-refractivity contribution in [1.29, 1.82) is 0 Å². The molecule has 2 heterocycles. The van der Waals surface area contributed by atoms with E-state index in [2.05, 4.69) is 15.3 Å². The smallest absolute Gasteiger partial charge is 0.338 e. The van der Waals surface area contributed by atoms with E-state index in [0.717, 1.165) is 35.9 Å². The van der Waals surface area contributed by atoms with E-state index in [9.17, 15) is 13.2 Å². The Morgan fingerprint density at radius 2 is 2.13 bits per heavy atom. The van der Waals surface area contributed by atoms with Gasteiger partial charge in [-0.25, -0.2) is 18.2 Å². The minimum Gasteiger partial charge on any atom is -0.457 e. The topological polar surface area (TPSA) is 124 Å². The van der Waals surface area contributed by atoms with Gasteiger partial charge in [-0.2, -0.15) is 0 Å². The van der Waals surface area contributed by atoms with Gasteiger partial charge in [-0.1, -0.05) is 6.07 Å². The van der Waals surface area contributed by atoms with Crippen LogP contribution in [0.1, 0.15) is 27.0 Å². The SMILES string of the molecule is Cc1c(CCNCC(C=Nc2ccc(S(C)(=O)=O)nc2)=CN)ccc2c1COC2=O. The quantitative estimate of drug-likeness (QED) is 0.373. The van der Waals surface area contributed by atoms with E-state index in [1.54, 1.807) is 12.3 Å². The molecule has 0 amide bonds. The Morgan fingerprint density at radius 3 is 2.80 bits per heavy atom. The van der Waals surface area contributed by atoms with Gasteiger partial charge >= 0.3 is 5.97 Å². The molecule has 0 bridgehead atoms. The maximum Gasteiger partial charge on any atom is 0.338 e. The zero-order chi connectivity index (χ0) is 21.7. The second-order valence-electron chi connectivity index (χ2n) is 7.01. The third-order valence-electron chi connectivity index (χ3n) is 4.87. The number of ether oxygens (including phenoxy) is 1. The van der Waals surface area contributed by atoms with Crippen molar-refractivity contribution in [2.24, 2.45) is 10.7 Å². The standard InChI is InChI=1S/C21H24N4O4S/c1-14-16(3-5-18-19(14)13-29-21(18)26)7-8-23-10-15(9-22)11-24-17-4-6-20(25-12-17)30(2,27)28/h3-6,9,11-12,23H,7-8,10,13,22H2,1-2H3. The van der Waals surface area contributed by atoms with Gasteiger partial charge in [-0.3, -0.25) is 4.99 Å². The molecule has 1 aliphatic heterocycles. The highest BCUT2D eigenvalue weighted by molar-refractivity contribution is 7.90. The maximum absolute atomic E-state index is 11.6. The number of hydrogen-bond acceptors (Lipinski definition) is 8. The molecule has 158 valence electrons. The number of aliphatic imine (C=N–C) groups is 1. The van der Waals surface area contributed by atoms with Crippen molar-refractivity contribution in [2.45, 2.75) is 25.0 Å². The molecule has 3 N–H and O–H groups in total. The molecule has 8 nitrogen and oxygen atoms in total. The number of nitrogens with zero attached hydrogens (tertiary/aromatic N) is 2. The van der Waals surface area contributed by atoms with Gasteiger partial charge in [0, 0.05) is 24.6 Å². The number of aromatic nitrogens is 1. The van der Waals surface area contributed by atoms with Gasteiger partial charge in [-0.05, 0) is 61.0 Å². The summed E-state index contributed by atoms with van der Waals surface area (Å²) >= 11 is 0. The van der Waals surface area contributed by atoms with Crippen molar-refractivity contribution in [3.8, 4) is 0 Å². The van der Waals surface area contributed by atoms with Crippen LogP contribution in [0.4, 0.5) is 5.69 Å². The first-order valence-electron chi connectivity index (χ1n) is 9.39. The highest BCUT2D eigenvalue weighted by Gasteiger charge is 2.23. The van der Waals surface area contributed by atoms with Crippen LogP contribution in [0, 0.1) is 6.92 Å². The van der Waals surface area contributed by atoms with Gasteiger partial charge < -0.3 is 15.8 Å². The second kappa shape index (κ2) is 9.19. The monoisotopic (exact) mass is 428 g/mol. The van der Waals surface area contributed by atoms with Crippen LogP contribution in [0.15, 0.2) is 52.3 Å². The average Bonchev–Trinajstić information content (AvgIpc) is 3.10. The van der Waals surface area contributed by atoms with Crippen molar-refractivity contribution in [2.75, 3.05) is 19.3 Å². The summed E-state index contributed by atoms with van der Waals surface area (Å²) in [5.41, 5.74) is 10.9. The predicted octanol–water partition coefficient (Wildman–Crippen LogP) is 1.84. The molecule has 1 aliphatic rings. The number of sulfone groups is 1. The van der Waals surface area contributed by atoms with Crippen molar-refractivity contribution in [1.82, 2.24) is 10.3 Å². The number of benzene rings is 1. The summed E-state index contributed by atoms with van der Waals surface area (Å²) in [4.78, 5) is 19.8. The molecule has 0 saturated heterocycles. The van der Waals surface area contributed by atoms with Gasteiger partial charge in [0.1, 0.15) is 6.61 Å². The lowest BCUT2D eigenvalue weighted by atomic mass is 9.97. The van der Waals surface area contributed by atoms with Crippen molar-refractivity contribution >= 4 is 27.7 Å². The Balaban J connectivity index is 1.52. The van der Waals surface area contributed by atoms with Crippen LogP contribution in [0.2, 0.25) is 0 Å². The van der Waals surface area contributed by atoms with Crippen LogP contribution in [0.25, 0.3) is 0 Å². The lowest BCUT2D eigenvalue weighted by Crippen LogP contribution is -2.21.